The van der Waals surface area contributed by atoms with Gasteiger partial charge in [-0.05, 0) is 33.3 Å². The molecule has 8 heteroatoms. The van der Waals surface area contributed by atoms with Gasteiger partial charge in [-0.25, -0.2) is 4.79 Å². The Kier molecular flexibility index (Phi) is 5.03. The highest BCUT2D eigenvalue weighted by Gasteiger charge is 2.31. The molecule has 2 rings (SSSR count). The molecule has 0 radical (unpaired) electrons. The monoisotopic (exact) mass is 339 g/mol. The summed E-state index contributed by atoms with van der Waals surface area (Å²) >= 11 is 0. The van der Waals surface area contributed by atoms with Crippen LogP contribution >= 0.6 is 0 Å². The Morgan fingerprint density at radius 1 is 1.39 bits per heavy atom. The fourth-order valence-electron chi connectivity index (χ4n) is 2.45. The zero-order valence-electron chi connectivity index (χ0n) is 13.5. The van der Waals surface area contributed by atoms with Gasteiger partial charge in [0.2, 0.25) is 0 Å². The van der Waals surface area contributed by atoms with Crippen LogP contribution in [0.4, 0.5) is 16.2 Å². The number of nitro groups is 1. The minimum Gasteiger partial charge on any atom is -0.324 e. The molecule has 1 atom stereocenters. The quantitative estimate of drug-likeness (QED) is 0.662. The predicted molar refractivity (Wildman–Crippen MR) is 90.1 cm³/mol. The van der Waals surface area contributed by atoms with E-state index in [1.54, 1.807) is 24.0 Å². The first kappa shape index (κ1) is 17.4. The van der Waals surface area contributed by atoms with Gasteiger partial charge in [0, 0.05) is 40.5 Å². The summed E-state index contributed by atoms with van der Waals surface area (Å²) in [5, 5.41) is 13.7. The highest BCUT2D eigenvalue weighted by atomic mass is 32.2. The van der Waals surface area contributed by atoms with E-state index in [-0.39, 0.29) is 16.5 Å². The third-order valence-electron chi connectivity index (χ3n) is 4.18. The Labute approximate surface area is 137 Å². The van der Waals surface area contributed by atoms with Crippen molar-refractivity contribution < 1.29 is 13.9 Å². The first-order valence-electron chi connectivity index (χ1n) is 7.41. The molecule has 1 aliphatic heterocycles. The molecule has 0 bridgehead atoms. The van der Waals surface area contributed by atoms with Crippen LogP contribution in [0.5, 0.6) is 0 Å². The summed E-state index contributed by atoms with van der Waals surface area (Å²) < 4.78 is 11.8. The predicted octanol–water partition coefficient (Wildman–Crippen LogP) is 2.67. The van der Waals surface area contributed by atoms with Crippen molar-refractivity contribution in [1.82, 2.24) is 4.90 Å². The molecular formula is C15H21N3O4S. The molecule has 2 amide bonds. The molecule has 0 aliphatic carbocycles. The number of benzene rings is 1. The molecule has 1 fully saturated rings. The molecule has 126 valence electrons. The van der Waals surface area contributed by atoms with E-state index in [4.69, 9.17) is 0 Å². The van der Waals surface area contributed by atoms with Crippen LogP contribution in [0, 0.1) is 17.0 Å². The Hall–Kier alpha value is -1.96. The summed E-state index contributed by atoms with van der Waals surface area (Å²) in [6, 6.07) is 4.27. The normalized spacial score (nSPS) is 20.7. The fourth-order valence-corrected chi connectivity index (χ4v) is 3.71. The smallest absolute Gasteiger partial charge is 0.321 e. The number of nitrogens with zero attached hydrogens (tertiary/aromatic N) is 2. The minimum absolute atomic E-state index is 0.0269. The first-order valence-corrected chi connectivity index (χ1v) is 8.72. The number of carbonyl (C=O) groups excluding carboxylic acids is 1. The van der Waals surface area contributed by atoms with E-state index in [1.165, 1.54) is 6.07 Å². The fraction of sp³-hybridized carbons (Fsp3) is 0.533. The molecule has 1 N–H and O–H groups in total. The van der Waals surface area contributed by atoms with E-state index in [2.05, 4.69) is 5.32 Å². The number of carbonyl (C=O) groups is 1. The second-order valence-electron chi connectivity index (χ2n) is 6.18. The Bertz CT molecular complexity index is 660. The van der Waals surface area contributed by atoms with Crippen molar-refractivity contribution in [1.29, 1.82) is 0 Å². The standard InChI is InChI=1S/C15H21N3O4S/c1-11-12(5-4-6-13(11)18(20)21)16-14(19)17-8-7-15(2,3)23(22)10-9-17/h4-6H,7-10H2,1-3H3,(H,16,19). The maximum atomic E-state index is 12.4. The Balaban J connectivity index is 2.12. The maximum Gasteiger partial charge on any atom is 0.321 e. The number of urea groups is 1. The Morgan fingerprint density at radius 3 is 2.74 bits per heavy atom. The third kappa shape index (κ3) is 3.87. The molecule has 1 aromatic carbocycles. The van der Waals surface area contributed by atoms with E-state index in [9.17, 15) is 19.1 Å². The van der Waals surface area contributed by atoms with Gasteiger partial charge < -0.3 is 10.2 Å². The van der Waals surface area contributed by atoms with Crippen molar-refractivity contribution in [2.45, 2.75) is 31.9 Å². The number of amides is 2. The van der Waals surface area contributed by atoms with E-state index in [0.29, 0.717) is 36.5 Å². The first-order chi connectivity index (χ1) is 10.7. The van der Waals surface area contributed by atoms with Crippen molar-refractivity contribution in [2.24, 2.45) is 0 Å². The molecule has 1 saturated heterocycles. The van der Waals surface area contributed by atoms with Crippen LogP contribution in [0.1, 0.15) is 25.8 Å². The number of hydrogen-bond acceptors (Lipinski definition) is 4. The number of nitro benzene ring substituents is 1. The molecule has 7 nitrogen and oxygen atoms in total. The van der Waals surface area contributed by atoms with E-state index in [0.717, 1.165) is 0 Å². The molecule has 1 aromatic rings. The Morgan fingerprint density at radius 2 is 2.09 bits per heavy atom. The zero-order chi connectivity index (χ0) is 17.2. The van der Waals surface area contributed by atoms with Crippen LogP contribution in [0.25, 0.3) is 0 Å². The lowest BCUT2D eigenvalue weighted by Crippen LogP contribution is -2.37. The van der Waals surface area contributed by atoms with Gasteiger partial charge >= 0.3 is 6.03 Å². The van der Waals surface area contributed by atoms with Gasteiger partial charge in [0.05, 0.1) is 16.2 Å². The van der Waals surface area contributed by atoms with Gasteiger partial charge in [0.15, 0.2) is 0 Å². The maximum absolute atomic E-state index is 12.4. The SMILES string of the molecule is Cc1c(NC(=O)N2CCS(=O)C(C)(C)CC2)cccc1[N+](=O)[O-]. The molecule has 0 saturated carbocycles. The molecule has 0 aromatic heterocycles. The molecule has 1 heterocycles. The van der Waals surface area contributed by atoms with Gasteiger partial charge in [-0.1, -0.05) is 6.07 Å². The lowest BCUT2D eigenvalue weighted by atomic mass is 10.1. The van der Waals surface area contributed by atoms with Crippen molar-refractivity contribution in [3.63, 3.8) is 0 Å². The van der Waals surface area contributed by atoms with Crippen molar-refractivity contribution in [3.8, 4) is 0 Å². The largest absolute Gasteiger partial charge is 0.324 e. The van der Waals surface area contributed by atoms with Gasteiger partial charge in [-0.2, -0.15) is 0 Å². The summed E-state index contributed by atoms with van der Waals surface area (Å²) in [5.74, 6) is 0.439. The molecular weight excluding hydrogens is 318 g/mol. The van der Waals surface area contributed by atoms with E-state index >= 15 is 0 Å². The second kappa shape index (κ2) is 6.66. The van der Waals surface area contributed by atoms with Crippen LogP contribution in [0.15, 0.2) is 18.2 Å². The van der Waals surface area contributed by atoms with Crippen LogP contribution in [-0.2, 0) is 10.8 Å². The van der Waals surface area contributed by atoms with Gasteiger partial charge in [-0.3, -0.25) is 14.3 Å². The van der Waals surface area contributed by atoms with Gasteiger partial charge in [0.1, 0.15) is 0 Å². The number of anilines is 1. The lowest BCUT2D eigenvalue weighted by molar-refractivity contribution is -0.385. The lowest BCUT2D eigenvalue weighted by Gasteiger charge is -2.23. The highest BCUT2D eigenvalue weighted by Crippen LogP contribution is 2.26. The number of hydrogen-bond donors (Lipinski definition) is 1. The van der Waals surface area contributed by atoms with E-state index in [1.807, 2.05) is 13.8 Å². The van der Waals surface area contributed by atoms with E-state index < -0.39 is 15.7 Å². The average Bonchev–Trinajstić information content (AvgIpc) is 2.60. The van der Waals surface area contributed by atoms with Crippen molar-refractivity contribution >= 4 is 28.2 Å². The molecule has 1 aliphatic rings. The zero-order valence-corrected chi connectivity index (χ0v) is 14.3. The number of nitrogens with one attached hydrogen (secondary N) is 1. The van der Waals surface area contributed by atoms with Gasteiger partial charge in [0.25, 0.3) is 5.69 Å². The van der Waals surface area contributed by atoms with Crippen molar-refractivity contribution in [3.05, 3.63) is 33.9 Å². The average molecular weight is 339 g/mol. The van der Waals surface area contributed by atoms with Gasteiger partial charge in [-0.15, -0.1) is 0 Å². The van der Waals surface area contributed by atoms with Crippen LogP contribution in [0.2, 0.25) is 0 Å². The number of rotatable bonds is 2. The summed E-state index contributed by atoms with van der Waals surface area (Å²) in [6.07, 6.45) is 0.654. The summed E-state index contributed by atoms with van der Waals surface area (Å²) in [5.41, 5.74) is 0.819. The molecule has 23 heavy (non-hydrogen) atoms. The summed E-state index contributed by atoms with van der Waals surface area (Å²) in [6.45, 7) is 6.41. The van der Waals surface area contributed by atoms with Crippen LogP contribution < -0.4 is 5.32 Å². The second-order valence-corrected chi connectivity index (χ2v) is 8.39. The molecule has 1 unspecified atom stereocenters. The summed E-state index contributed by atoms with van der Waals surface area (Å²) in [4.78, 5) is 24.5. The summed E-state index contributed by atoms with van der Waals surface area (Å²) in [7, 11) is -0.977. The molecule has 0 spiro atoms. The van der Waals surface area contributed by atoms with Crippen LogP contribution in [0.3, 0.4) is 0 Å². The third-order valence-corrected chi connectivity index (χ3v) is 6.17. The minimum atomic E-state index is -0.977. The van der Waals surface area contributed by atoms with Crippen LogP contribution in [-0.4, -0.2) is 43.7 Å². The van der Waals surface area contributed by atoms with Crippen molar-refractivity contribution in [2.75, 3.05) is 24.2 Å². The topological polar surface area (TPSA) is 92.6 Å². The highest BCUT2D eigenvalue weighted by molar-refractivity contribution is 7.86.